The van der Waals surface area contributed by atoms with Crippen LogP contribution in [0.1, 0.15) is 0 Å². The molecule has 1 aliphatic heterocycles. The molecule has 1 saturated heterocycles. The highest BCUT2D eigenvalue weighted by Crippen LogP contribution is 2.23. The van der Waals surface area contributed by atoms with E-state index in [1.165, 1.54) is 0 Å². The van der Waals surface area contributed by atoms with Crippen LogP contribution in [0.2, 0.25) is 0 Å². The van der Waals surface area contributed by atoms with E-state index in [9.17, 15) is 0 Å². The smallest absolute Gasteiger partial charge is 0.150 e. The molecule has 1 fully saturated rings. The quantitative estimate of drug-likeness (QED) is 0.771. The zero-order valence-corrected chi connectivity index (χ0v) is 9.28. The van der Waals surface area contributed by atoms with E-state index in [2.05, 4.69) is 10.00 Å². The van der Waals surface area contributed by atoms with Gasteiger partial charge in [-0.15, -0.1) is 11.6 Å². The first-order valence-electron chi connectivity index (χ1n) is 5.03. The average molecular weight is 231 g/mol. The SMILES string of the molecule is Nc1cnn(CCCl)c1N1CCOCC1. The standard InChI is InChI=1S/C9H15ClN4O/c10-1-2-14-9(8(11)7-12-14)13-3-5-15-6-4-13/h7H,1-6,11H2. The molecule has 0 atom stereocenters. The molecule has 0 saturated carbocycles. The fourth-order valence-electron chi connectivity index (χ4n) is 1.76. The Hall–Kier alpha value is -0.940. The van der Waals surface area contributed by atoms with Crippen molar-refractivity contribution in [3.05, 3.63) is 6.20 Å². The van der Waals surface area contributed by atoms with Crippen LogP contribution in [0, 0.1) is 0 Å². The van der Waals surface area contributed by atoms with Gasteiger partial charge in [-0.3, -0.25) is 0 Å². The number of hydrogen-bond acceptors (Lipinski definition) is 4. The number of aryl methyl sites for hydroxylation is 1. The lowest BCUT2D eigenvalue weighted by molar-refractivity contribution is 0.122. The van der Waals surface area contributed by atoms with Gasteiger partial charge >= 0.3 is 0 Å². The topological polar surface area (TPSA) is 56.3 Å². The number of aromatic nitrogens is 2. The molecule has 15 heavy (non-hydrogen) atoms. The van der Waals surface area contributed by atoms with Gasteiger partial charge in [0.2, 0.25) is 0 Å². The van der Waals surface area contributed by atoms with E-state index in [-0.39, 0.29) is 0 Å². The van der Waals surface area contributed by atoms with Crippen molar-refractivity contribution in [2.24, 2.45) is 0 Å². The minimum absolute atomic E-state index is 0.540. The van der Waals surface area contributed by atoms with Gasteiger partial charge in [-0.05, 0) is 0 Å². The molecule has 2 N–H and O–H groups in total. The summed E-state index contributed by atoms with van der Waals surface area (Å²) in [4.78, 5) is 2.19. The van der Waals surface area contributed by atoms with E-state index in [4.69, 9.17) is 22.1 Å². The van der Waals surface area contributed by atoms with Crippen LogP contribution in [-0.4, -0.2) is 42.0 Å². The molecule has 84 valence electrons. The lowest BCUT2D eigenvalue weighted by Crippen LogP contribution is -2.38. The van der Waals surface area contributed by atoms with E-state index in [0.717, 1.165) is 32.1 Å². The number of halogens is 1. The number of anilines is 2. The van der Waals surface area contributed by atoms with Gasteiger partial charge in [0.25, 0.3) is 0 Å². The second kappa shape index (κ2) is 4.72. The van der Waals surface area contributed by atoms with Gasteiger partial charge in [-0.2, -0.15) is 5.10 Å². The molecule has 0 bridgehead atoms. The zero-order chi connectivity index (χ0) is 10.7. The molecule has 0 unspecified atom stereocenters. The molecule has 5 nitrogen and oxygen atoms in total. The van der Waals surface area contributed by atoms with Crippen molar-refractivity contribution in [1.82, 2.24) is 9.78 Å². The first-order chi connectivity index (χ1) is 7.33. The summed E-state index contributed by atoms with van der Waals surface area (Å²) < 4.78 is 7.15. The van der Waals surface area contributed by atoms with Crippen LogP contribution in [0.4, 0.5) is 11.5 Å². The maximum atomic E-state index is 5.89. The van der Waals surface area contributed by atoms with Gasteiger partial charge < -0.3 is 15.4 Å². The predicted octanol–water partition coefficient (Wildman–Crippen LogP) is 0.541. The first-order valence-corrected chi connectivity index (χ1v) is 5.56. The number of ether oxygens (including phenoxy) is 1. The summed E-state index contributed by atoms with van der Waals surface area (Å²) in [6, 6.07) is 0. The van der Waals surface area contributed by atoms with Crippen LogP contribution in [0.25, 0.3) is 0 Å². The van der Waals surface area contributed by atoms with Gasteiger partial charge in [0.1, 0.15) is 0 Å². The van der Waals surface area contributed by atoms with Crippen molar-refractivity contribution in [3.8, 4) is 0 Å². The second-order valence-corrected chi connectivity index (χ2v) is 3.81. The summed E-state index contributed by atoms with van der Waals surface area (Å²) in [5, 5.41) is 4.21. The summed E-state index contributed by atoms with van der Waals surface area (Å²) in [6.07, 6.45) is 1.68. The molecule has 0 spiro atoms. The van der Waals surface area contributed by atoms with E-state index < -0.39 is 0 Å². The van der Waals surface area contributed by atoms with Crippen molar-refractivity contribution < 1.29 is 4.74 Å². The minimum atomic E-state index is 0.540. The third-order valence-electron chi connectivity index (χ3n) is 2.45. The molecule has 0 amide bonds. The fraction of sp³-hybridized carbons (Fsp3) is 0.667. The Morgan fingerprint density at radius 1 is 1.47 bits per heavy atom. The molecule has 6 heteroatoms. The van der Waals surface area contributed by atoms with E-state index in [0.29, 0.717) is 18.1 Å². The number of morpholine rings is 1. The first kappa shape index (κ1) is 10.6. The molecule has 1 aromatic heterocycles. The summed E-state index contributed by atoms with van der Waals surface area (Å²) >= 11 is 5.71. The maximum absolute atomic E-state index is 5.89. The van der Waals surface area contributed by atoms with Crippen LogP contribution in [-0.2, 0) is 11.3 Å². The number of nitrogens with zero attached hydrogens (tertiary/aromatic N) is 3. The largest absolute Gasteiger partial charge is 0.394 e. The fourth-order valence-corrected chi connectivity index (χ4v) is 1.92. The molecule has 0 aromatic carbocycles. The van der Waals surface area contributed by atoms with Gasteiger partial charge in [-0.25, -0.2) is 4.68 Å². The normalized spacial score (nSPS) is 17.0. The second-order valence-electron chi connectivity index (χ2n) is 3.44. The minimum Gasteiger partial charge on any atom is -0.394 e. The molecule has 1 aromatic rings. The third-order valence-corrected chi connectivity index (χ3v) is 2.61. The number of hydrogen-bond donors (Lipinski definition) is 1. The highest BCUT2D eigenvalue weighted by atomic mass is 35.5. The average Bonchev–Trinajstić information content (AvgIpc) is 2.62. The Bertz CT molecular complexity index is 322. The van der Waals surface area contributed by atoms with Crippen molar-refractivity contribution in [1.29, 1.82) is 0 Å². The Kier molecular flexibility index (Phi) is 3.33. The summed E-state index contributed by atoms with van der Waals surface area (Å²) in [7, 11) is 0. The summed E-state index contributed by atoms with van der Waals surface area (Å²) in [5.41, 5.74) is 6.60. The Labute approximate surface area is 93.7 Å². The lowest BCUT2D eigenvalue weighted by atomic mass is 10.4. The Balaban J connectivity index is 2.19. The van der Waals surface area contributed by atoms with Crippen LogP contribution in [0.15, 0.2) is 6.20 Å². The van der Waals surface area contributed by atoms with Crippen molar-refractivity contribution in [2.75, 3.05) is 42.8 Å². The molecular formula is C9H15ClN4O. The maximum Gasteiger partial charge on any atom is 0.150 e. The zero-order valence-electron chi connectivity index (χ0n) is 8.53. The van der Waals surface area contributed by atoms with Crippen LogP contribution < -0.4 is 10.6 Å². The van der Waals surface area contributed by atoms with Crippen molar-refractivity contribution in [3.63, 3.8) is 0 Å². The van der Waals surface area contributed by atoms with Gasteiger partial charge in [0.05, 0.1) is 31.6 Å². The molecule has 0 aliphatic carbocycles. The third kappa shape index (κ3) is 2.18. The highest BCUT2D eigenvalue weighted by Gasteiger charge is 2.18. The highest BCUT2D eigenvalue weighted by molar-refractivity contribution is 6.17. The van der Waals surface area contributed by atoms with Crippen LogP contribution in [0.5, 0.6) is 0 Å². The van der Waals surface area contributed by atoms with Crippen molar-refractivity contribution >= 4 is 23.1 Å². The number of nitrogen functional groups attached to an aromatic ring is 1. The molecular weight excluding hydrogens is 216 g/mol. The molecule has 2 heterocycles. The van der Waals surface area contributed by atoms with E-state index in [1.807, 2.05) is 4.68 Å². The van der Waals surface area contributed by atoms with Crippen LogP contribution >= 0.6 is 11.6 Å². The van der Waals surface area contributed by atoms with E-state index >= 15 is 0 Å². The molecule has 1 aliphatic rings. The molecule has 2 rings (SSSR count). The summed E-state index contributed by atoms with van der Waals surface area (Å²) in [6.45, 7) is 3.89. The van der Waals surface area contributed by atoms with Gasteiger partial charge in [-0.1, -0.05) is 0 Å². The number of nitrogens with two attached hydrogens (primary N) is 1. The number of alkyl halides is 1. The Morgan fingerprint density at radius 2 is 2.20 bits per heavy atom. The van der Waals surface area contributed by atoms with Gasteiger partial charge in [0, 0.05) is 19.0 Å². The van der Waals surface area contributed by atoms with Crippen molar-refractivity contribution in [2.45, 2.75) is 6.54 Å². The summed E-state index contributed by atoms with van der Waals surface area (Å²) in [5.74, 6) is 1.51. The Morgan fingerprint density at radius 3 is 2.87 bits per heavy atom. The predicted molar refractivity (Wildman–Crippen MR) is 60.4 cm³/mol. The van der Waals surface area contributed by atoms with Crippen LogP contribution in [0.3, 0.4) is 0 Å². The molecule has 0 radical (unpaired) electrons. The monoisotopic (exact) mass is 230 g/mol. The van der Waals surface area contributed by atoms with E-state index in [1.54, 1.807) is 6.20 Å². The van der Waals surface area contributed by atoms with Gasteiger partial charge in [0.15, 0.2) is 5.82 Å². The lowest BCUT2D eigenvalue weighted by Gasteiger charge is -2.29. The number of rotatable bonds is 3.